The highest BCUT2D eigenvalue weighted by Crippen LogP contribution is 2.32. The monoisotopic (exact) mass is 228 g/mol. The van der Waals surface area contributed by atoms with Crippen molar-refractivity contribution < 1.29 is 14.6 Å². The molecule has 0 fully saturated rings. The standard InChI is InChI=1S/C13H24O3/c1-7-13(5,11(14)16-6)9-8-10(2)12(3,4)15/h15H,2,7-9H2,1,3-6H3/t13-/m0/s1. The molecule has 0 aromatic carbocycles. The molecule has 0 saturated carbocycles. The number of carbonyl (C=O) groups is 1. The summed E-state index contributed by atoms with van der Waals surface area (Å²) in [6, 6.07) is 0. The SMILES string of the molecule is C=C(CC[C@](C)(CC)C(=O)OC)C(C)(C)O. The first-order chi connectivity index (χ1) is 7.17. The summed E-state index contributed by atoms with van der Waals surface area (Å²) < 4.78 is 4.79. The molecule has 0 aromatic heterocycles. The van der Waals surface area contributed by atoms with Crippen LogP contribution in [0.25, 0.3) is 0 Å². The van der Waals surface area contributed by atoms with Crippen LogP contribution in [-0.2, 0) is 9.53 Å². The summed E-state index contributed by atoms with van der Waals surface area (Å²) in [7, 11) is 1.40. The molecule has 16 heavy (non-hydrogen) atoms. The molecule has 0 radical (unpaired) electrons. The van der Waals surface area contributed by atoms with Crippen LogP contribution in [0.1, 0.15) is 47.0 Å². The third kappa shape index (κ3) is 3.97. The lowest BCUT2D eigenvalue weighted by atomic mass is 9.80. The number of hydrogen-bond donors (Lipinski definition) is 1. The number of esters is 1. The first-order valence-corrected chi connectivity index (χ1v) is 5.66. The molecule has 94 valence electrons. The van der Waals surface area contributed by atoms with E-state index in [0.29, 0.717) is 12.8 Å². The van der Waals surface area contributed by atoms with Crippen LogP contribution in [0.5, 0.6) is 0 Å². The fraction of sp³-hybridized carbons (Fsp3) is 0.769. The van der Waals surface area contributed by atoms with Crippen molar-refractivity contribution in [2.24, 2.45) is 5.41 Å². The van der Waals surface area contributed by atoms with Gasteiger partial charge < -0.3 is 9.84 Å². The van der Waals surface area contributed by atoms with Gasteiger partial charge in [-0.05, 0) is 45.6 Å². The van der Waals surface area contributed by atoms with Gasteiger partial charge in [0.2, 0.25) is 0 Å². The van der Waals surface area contributed by atoms with Gasteiger partial charge in [-0.15, -0.1) is 0 Å². The Labute approximate surface area is 98.5 Å². The molecular weight excluding hydrogens is 204 g/mol. The van der Waals surface area contributed by atoms with E-state index in [9.17, 15) is 9.90 Å². The summed E-state index contributed by atoms with van der Waals surface area (Å²) in [5.41, 5.74) is -0.621. The summed E-state index contributed by atoms with van der Waals surface area (Å²) in [5.74, 6) is -0.196. The molecule has 0 aliphatic heterocycles. The zero-order chi connectivity index (χ0) is 13.0. The van der Waals surface area contributed by atoms with Gasteiger partial charge in [0.05, 0.1) is 18.1 Å². The van der Waals surface area contributed by atoms with Crippen molar-refractivity contribution in [1.82, 2.24) is 0 Å². The fourth-order valence-electron chi connectivity index (χ4n) is 1.40. The van der Waals surface area contributed by atoms with Gasteiger partial charge in [0.25, 0.3) is 0 Å². The van der Waals surface area contributed by atoms with E-state index in [-0.39, 0.29) is 5.97 Å². The summed E-state index contributed by atoms with van der Waals surface area (Å²) in [6.45, 7) is 11.1. The largest absolute Gasteiger partial charge is 0.469 e. The molecule has 0 aliphatic rings. The van der Waals surface area contributed by atoms with Gasteiger partial charge in [0.15, 0.2) is 0 Å². The van der Waals surface area contributed by atoms with E-state index >= 15 is 0 Å². The molecule has 0 aliphatic carbocycles. The topological polar surface area (TPSA) is 46.5 Å². The van der Waals surface area contributed by atoms with Crippen LogP contribution in [0.15, 0.2) is 12.2 Å². The van der Waals surface area contributed by atoms with Crippen molar-refractivity contribution in [2.75, 3.05) is 7.11 Å². The first-order valence-electron chi connectivity index (χ1n) is 5.66. The minimum Gasteiger partial charge on any atom is -0.469 e. The fourth-order valence-corrected chi connectivity index (χ4v) is 1.40. The molecule has 0 saturated heterocycles. The van der Waals surface area contributed by atoms with Crippen LogP contribution in [-0.4, -0.2) is 23.8 Å². The molecule has 0 rings (SSSR count). The lowest BCUT2D eigenvalue weighted by Crippen LogP contribution is -2.30. The first kappa shape index (κ1) is 15.2. The van der Waals surface area contributed by atoms with Crippen LogP contribution in [0, 0.1) is 5.41 Å². The third-order valence-electron chi connectivity index (χ3n) is 3.30. The second-order valence-electron chi connectivity index (χ2n) is 5.07. The Hall–Kier alpha value is -0.830. The van der Waals surface area contributed by atoms with Crippen LogP contribution in [0.2, 0.25) is 0 Å². The smallest absolute Gasteiger partial charge is 0.311 e. The second-order valence-corrected chi connectivity index (χ2v) is 5.07. The van der Waals surface area contributed by atoms with Crippen LogP contribution >= 0.6 is 0 Å². The molecule has 1 atom stereocenters. The maximum atomic E-state index is 11.6. The van der Waals surface area contributed by atoms with E-state index in [1.807, 2.05) is 13.8 Å². The van der Waals surface area contributed by atoms with Crippen molar-refractivity contribution in [3.63, 3.8) is 0 Å². The van der Waals surface area contributed by atoms with Crippen LogP contribution < -0.4 is 0 Å². The average molecular weight is 228 g/mol. The molecule has 0 bridgehead atoms. The highest BCUT2D eigenvalue weighted by Gasteiger charge is 2.33. The Balaban J connectivity index is 4.48. The lowest BCUT2D eigenvalue weighted by molar-refractivity contribution is -0.152. The van der Waals surface area contributed by atoms with E-state index < -0.39 is 11.0 Å². The second kappa shape index (κ2) is 5.48. The molecule has 0 amide bonds. The molecule has 0 heterocycles. The number of methoxy groups -OCH3 is 1. The minimum absolute atomic E-state index is 0.196. The van der Waals surface area contributed by atoms with Crippen molar-refractivity contribution in [2.45, 2.75) is 52.6 Å². The predicted octanol–water partition coefficient (Wildman–Crippen LogP) is 2.68. The molecule has 0 unspecified atom stereocenters. The zero-order valence-corrected chi connectivity index (χ0v) is 11.1. The quantitative estimate of drug-likeness (QED) is 0.561. The zero-order valence-electron chi connectivity index (χ0n) is 11.1. The number of hydrogen-bond acceptors (Lipinski definition) is 3. The number of rotatable bonds is 6. The number of carbonyl (C=O) groups excluding carboxylic acids is 1. The van der Waals surface area contributed by atoms with Crippen LogP contribution in [0.4, 0.5) is 0 Å². The van der Waals surface area contributed by atoms with Gasteiger partial charge in [-0.2, -0.15) is 0 Å². The molecule has 3 nitrogen and oxygen atoms in total. The molecule has 0 spiro atoms. The Morgan fingerprint density at radius 1 is 1.38 bits per heavy atom. The highest BCUT2D eigenvalue weighted by molar-refractivity contribution is 5.76. The summed E-state index contributed by atoms with van der Waals surface area (Å²) in [4.78, 5) is 11.6. The molecule has 1 N–H and O–H groups in total. The normalized spacial score (nSPS) is 15.4. The highest BCUT2D eigenvalue weighted by atomic mass is 16.5. The van der Waals surface area contributed by atoms with Crippen molar-refractivity contribution in [3.8, 4) is 0 Å². The Morgan fingerprint density at radius 2 is 1.88 bits per heavy atom. The number of aliphatic hydroxyl groups is 1. The molecule has 3 heteroatoms. The Bertz CT molecular complexity index is 263. The van der Waals surface area contributed by atoms with Gasteiger partial charge in [0.1, 0.15) is 0 Å². The van der Waals surface area contributed by atoms with Gasteiger partial charge >= 0.3 is 5.97 Å². The van der Waals surface area contributed by atoms with Gasteiger partial charge in [-0.25, -0.2) is 0 Å². The predicted molar refractivity (Wildman–Crippen MR) is 65.1 cm³/mol. The van der Waals surface area contributed by atoms with E-state index in [1.165, 1.54) is 7.11 Å². The van der Waals surface area contributed by atoms with Crippen LogP contribution in [0.3, 0.4) is 0 Å². The minimum atomic E-state index is -0.884. The Kier molecular flexibility index (Phi) is 5.20. The van der Waals surface area contributed by atoms with Crippen molar-refractivity contribution >= 4 is 5.97 Å². The van der Waals surface area contributed by atoms with E-state index in [0.717, 1.165) is 12.0 Å². The molecule has 0 aromatic rings. The maximum absolute atomic E-state index is 11.6. The van der Waals surface area contributed by atoms with E-state index in [2.05, 4.69) is 6.58 Å². The van der Waals surface area contributed by atoms with Crippen molar-refractivity contribution in [3.05, 3.63) is 12.2 Å². The van der Waals surface area contributed by atoms with E-state index in [4.69, 9.17) is 4.74 Å². The summed E-state index contributed by atoms with van der Waals surface area (Å²) in [5, 5.41) is 9.74. The van der Waals surface area contributed by atoms with Gasteiger partial charge in [-0.1, -0.05) is 13.5 Å². The Morgan fingerprint density at radius 3 is 2.19 bits per heavy atom. The lowest BCUT2D eigenvalue weighted by Gasteiger charge is -2.28. The van der Waals surface area contributed by atoms with E-state index in [1.54, 1.807) is 13.8 Å². The van der Waals surface area contributed by atoms with Gasteiger partial charge in [0, 0.05) is 0 Å². The maximum Gasteiger partial charge on any atom is 0.311 e. The van der Waals surface area contributed by atoms with Gasteiger partial charge in [-0.3, -0.25) is 4.79 Å². The summed E-state index contributed by atoms with van der Waals surface area (Å²) >= 11 is 0. The average Bonchev–Trinajstić information content (AvgIpc) is 2.22. The number of ether oxygens (including phenoxy) is 1. The third-order valence-corrected chi connectivity index (χ3v) is 3.30. The summed E-state index contributed by atoms with van der Waals surface area (Å²) in [6.07, 6.45) is 2.00. The van der Waals surface area contributed by atoms with Crippen molar-refractivity contribution in [1.29, 1.82) is 0 Å². The molecular formula is C13H24O3.